The van der Waals surface area contributed by atoms with E-state index in [2.05, 4.69) is 5.32 Å². The van der Waals surface area contributed by atoms with Crippen LogP contribution in [-0.2, 0) is 25.1 Å². The van der Waals surface area contributed by atoms with E-state index < -0.39 is 39.5 Å². The van der Waals surface area contributed by atoms with Gasteiger partial charge in [0.05, 0.1) is 11.3 Å². The molecule has 2 aromatic carbocycles. The first kappa shape index (κ1) is 20.5. The van der Waals surface area contributed by atoms with Crippen LogP contribution in [0.5, 0.6) is 0 Å². The van der Waals surface area contributed by atoms with Crippen molar-refractivity contribution in [3.05, 3.63) is 65.2 Å². The molecule has 144 valence electrons. The number of rotatable bonds is 6. The second-order valence-electron chi connectivity index (χ2n) is 5.94. The molecule has 0 unspecified atom stereocenters. The zero-order valence-corrected chi connectivity index (χ0v) is 15.3. The van der Waals surface area contributed by atoms with E-state index in [1.807, 2.05) is 0 Å². The van der Waals surface area contributed by atoms with Crippen molar-refractivity contribution in [1.29, 1.82) is 0 Å². The predicted molar refractivity (Wildman–Crippen MR) is 94.9 cm³/mol. The van der Waals surface area contributed by atoms with Gasteiger partial charge in [0, 0.05) is 18.0 Å². The minimum absolute atomic E-state index is 0.0111. The molecule has 0 spiro atoms. The Morgan fingerprint density at radius 3 is 2.44 bits per heavy atom. The molecule has 0 saturated heterocycles. The van der Waals surface area contributed by atoms with Gasteiger partial charge < -0.3 is 10.1 Å². The fourth-order valence-electron chi connectivity index (χ4n) is 2.19. The zero-order chi connectivity index (χ0) is 20.2. The fraction of sp³-hybridized carbons (Fsp3) is 0.222. The normalized spacial score (nSPS) is 12.3. The van der Waals surface area contributed by atoms with E-state index in [0.29, 0.717) is 5.56 Å². The van der Waals surface area contributed by atoms with Crippen LogP contribution in [-0.4, -0.2) is 32.7 Å². The van der Waals surface area contributed by atoms with Crippen LogP contribution in [0.4, 0.5) is 14.5 Å². The second kappa shape index (κ2) is 8.26. The highest BCUT2D eigenvalue weighted by atomic mass is 32.2. The molecule has 0 aromatic heterocycles. The van der Waals surface area contributed by atoms with Crippen molar-refractivity contribution in [3.8, 4) is 0 Å². The summed E-state index contributed by atoms with van der Waals surface area (Å²) in [6.45, 7) is 1.31. The van der Waals surface area contributed by atoms with Gasteiger partial charge in [-0.25, -0.2) is 22.0 Å². The lowest BCUT2D eigenvalue weighted by molar-refractivity contribution is -0.123. The topological polar surface area (TPSA) is 89.5 Å². The maximum absolute atomic E-state index is 13.2. The molecule has 1 atom stereocenters. The molecule has 1 N–H and O–H groups in total. The standard InChI is InChI=1S/C18H17F2NO5S/c1-11(17(22)21-14-6-7-15(19)16(20)9-14)26-18(23)13-5-3-4-12(8-13)10-27(2,24)25/h3-9,11H,10H2,1-2H3,(H,21,22)/t11-/m0/s1. The van der Waals surface area contributed by atoms with E-state index in [-0.39, 0.29) is 17.0 Å². The smallest absolute Gasteiger partial charge is 0.338 e. The molecule has 0 aliphatic rings. The third-order valence-electron chi connectivity index (χ3n) is 3.43. The minimum atomic E-state index is -3.27. The van der Waals surface area contributed by atoms with Gasteiger partial charge in [-0.05, 0) is 36.8 Å². The number of nitrogens with one attached hydrogen (secondary N) is 1. The Balaban J connectivity index is 2.03. The number of anilines is 1. The molecule has 6 nitrogen and oxygen atoms in total. The number of esters is 1. The SMILES string of the molecule is C[C@H](OC(=O)c1cccc(CS(C)(=O)=O)c1)C(=O)Nc1ccc(F)c(F)c1. The Bertz CT molecular complexity index is 975. The number of carbonyl (C=O) groups excluding carboxylic acids is 2. The second-order valence-corrected chi connectivity index (χ2v) is 8.08. The van der Waals surface area contributed by atoms with Crippen molar-refractivity contribution in [1.82, 2.24) is 0 Å². The van der Waals surface area contributed by atoms with Crippen molar-refractivity contribution in [2.75, 3.05) is 11.6 Å². The molecule has 0 radical (unpaired) electrons. The summed E-state index contributed by atoms with van der Waals surface area (Å²) in [6.07, 6.45) is -0.146. The molecule has 0 fully saturated rings. The Hall–Kier alpha value is -2.81. The Labute approximate surface area is 155 Å². The van der Waals surface area contributed by atoms with Crippen LogP contribution in [0.2, 0.25) is 0 Å². The van der Waals surface area contributed by atoms with Gasteiger partial charge in [0.15, 0.2) is 27.6 Å². The summed E-state index contributed by atoms with van der Waals surface area (Å²) >= 11 is 0. The van der Waals surface area contributed by atoms with Gasteiger partial charge >= 0.3 is 5.97 Å². The zero-order valence-electron chi connectivity index (χ0n) is 14.5. The van der Waals surface area contributed by atoms with Crippen molar-refractivity contribution >= 4 is 27.4 Å². The lowest BCUT2D eigenvalue weighted by Crippen LogP contribution is -2.30. The molecular formula is C18H17F2NO5S. The van der Waals surface area contributed by atoms with Crippen LogP contribution in [0.25, 0.3) is 0 Å². The number of ether oxygens (including phenoxy) is 1. The van der Waals surface area contributed by atoms with E-state index in [0.717, 1.165) is 18.4 Å². The summed E-state index contributed by atoms with van der Waals surface area (Å²) in [4.78, 5) is 24.2. The molecule has 0 aliphatic carbocycles. The van der Waals surface area contributed by atoms with Crippen LogP contribution in [0.1, 0.15) is 22.8 Å². The number of amides is 1. The average Bonchev–Trinajstić information content (AvgIpc) is 2.56. The average molecular weight is 397 g/mol. The van der Waals surface area contributed by atoms with E-state index in [4.69, 9.17) is 4.74 Å². The summed E-state index contributed by atoms with van der Waals surface area (Å²) in [5.41, 5.74) is 0.506. The third-order valence-corrected chi connectivity index (χ3v) is 4.29. The predicted octanol–water partition coefficient (Wildman–Crippen LogP) is 2.69. The first-order valence-electron chi connectivity index (χ1n) is 7.79. The molecule has 0 saturated carbocycles. The maximum Gasteiger partial charge on any atom is 0.338 e. The van der Waals surface area contributed by atoms with Crippen LogP contribution in [0.3, 0.4) is 0 Å². The number of hydrogen-bond acceptors (Lipinski definition) is 5. The van der Waals surface area contributed by atoms with Gasteiger partial charge in [-0.1, -0.05) is 12.1 Å². The quantitative estimate of drug-likeness (QED) is 0.757. The van der Waals surface area contributed by atoms with E-state index in [1.165, 1.54) is 31.2 Å². The number of halogens is 2. The molecule has 2 aromatic rings. The van der Waals surface area contributed by atoms with Crippen molar-refractivity contribution in [2.45, 2.75) is 18.8 Å². The highest BCUT2D eigenvalue weighted by molar-refractivity contribution is 7.89. The summed E-state index contributed by atoms with van der Waals surface area (Å²) in [5, 5.41) is 2.31. The number of benzene rings is 2. The van der Waals surface area contributed by atoms with Gasteiger partial charge in [0.1, 0.15) is 0 Å². The van der Waals surface area contributed by atoms with Crippen molar-refractivity contribution in [2.24, 2.45) is 0 Å². The van der Waals surface area contributed by atoms with Gasteiger partial charge in [-0.15, -0.1) is 0 Å². The van der Waals surface area contributed by atoms with Gasteiger partial charge in [-0.3, -0.25) is 4.79 Å². The lowest BCUT2D eigenvalue weighted by atomic mass is 10.1. The fourth-order valence-corrected chi connectivity index (χ4v) is 2.98. The molecular weight excluding hydrogens is 380 g/mol. The number of carbonyl (C=O) groups is 2. The van der Waals surface area contributed by atoms with Crippen molar-refractivity contribution in [3.63, 3.8) is 0 Å². The first-order valence-corrected chi connectivity index (χ1v) is 9.85. The maximum atomic E-state index is 13.2. The molecule has 1 amide bonds. The Morgan fingerprint density at radius 2 is 1.81 bits per heavy atom. The Kier molecular flexibility index (Phi) is 6.27. The van der Waals surface area contributed by atoms with Gasteiger partial charge in [0.25, 0.3) is 5.91 Å². The summed E-state index contributed by atoms with van der Waals surface area (Å²) in [6, 6.07) is 8.67. The third kappa shape index (κ3) is 6.14. The summed E-state index contributed by atoms with van der Waals surface area (Å²) in [5.74, 6) is -3.97. The summed E-state index contributed by atoms with van der Waals surface area (Å²) in [7, 11) is -3.27. The van der Waals surface area contributed by atoms with Crippen LogP contribution in [0, 0.1) is 11.6 Å². The van der Waals surface area contributed by atoms with Crippen LogP contribution in [0.15, 0.2) is 42.5 Å². The van der Waals surface area contributed by atoms with Gasteiger partial charge in [-0.2, -0.15) is 0 Å². The van der Waals surface area contributed by atoms with E-state index >= 15 is 0 Å². The molecule has 0 heterocycles. The lowest BCUT2D eigenvalue weighted by Gasteiger charge is -2.14. The minimum Gasteiger partial charge on any atom is -0.449 e. The van der Waals surface area contributed by atoms with E-state index in [9.17, 15) is 26.8 Å². The van der Waals surface area contributed by atoms with Crippen LogP contribution >= 0.6 is 0 Å². The molecule has 27 heavy (non-hydrogen) atoms. The highest BCUT2D eigenvalue weighted by Gasteiger charge is 2.20. The molecule has 2 rings (SSSR count). The van der Waals surface area contributed by atoms with Gasteiger partial charge in [0.2, 0.25) is 0 Å². The molecule has 0 bridgehead atoms. The highest BCUT2D eigenvalue weighted by Crippen LogP contribution is 2.15. The number of sulfone groups is 1. The largest absolute Gasteiger partial charge is 0.449 e. The number of hydrogen-bond donors (Lipinski definition) is 1. The van der Waals surface area contributed by atoms with Crippen LogP contribution < -0.4 is 5.32 Å². The molecule has 9 heteroatoms. The monoisotopic (exact) mass is 397 g/mol. The van der Waals surface area contributed by atoms with E-state index in [1.54, 1.807) is 6.07 Å². The van der Waals surface area contributed by atoms with Crippen molar-refractivity contribution < 1.29 is 31.5 Å². The first-order chi connectivity index (χ1) is 12.5. The molecule has 0 aliphatic heterocycles. The summed E-state index contributed by atoms with van der Waals surface area (Å²) < 4.78 is 53.8. The Morgan fingerprint density at radius 1 is 1.11 bits per heavy atom.